The van der Waals surface area contributed by atoms with Crippen LogP contribution in [0.1, 0.15) is 53.9 Å². The minimum absolute atomic E-state index is 0.0279. The molecule has 0 radical (unpaired) electrons. The maximum Gasteiger partial charge on any atom is 0.251 e. The number of carbonyl (C=O) groups excluding carboxylic acids is 1. The van der Waals surface area contributed by atoms with Crippen LogP contribution in [0.25, 0.3) is 11.1 Å². The lowest BCUT2D eigenvalue weighted by molar-refractivity contribution is 0.0961. The topological polar surface area (TPSA) is 29.1 Å². The van der Waals surface area contributed by atoms with E-state index < -0.39 is 0 Å². The van der Waals surface area contributed by atoms with Gasteiger partial charge in [0.25, 0.3) is 5.91 Å². The summed E-state index contributed by atoms with van der Waals surface area (Å²) < 4.78 is 0. The van der Waals surface area contributed by atoms with Gasteiger partial charge in [-0.2, -0.15) is 0 Å². The van der Waals surface area contributed by atoms with E-state index in [2.05, 4.69) is 41.7 Å². The molecule has 2 aromatic carbocycles. The third-order valence-electron chi connectivity index (χ3n) is 4.68. The van der Waals surface area contributed by atoms with Gasteiger partial charge in [0.05, 0.1) is 0 Å². The van der Waals surface area contributed by atoms with Gasteiger partial charge in [-0.15, -0.1) is 0 Å². The second-order valence-corrected chi connectivity index (χ2v) is 6.08. The molecule has 0 aromatic heterocycles. The lowest BCUT2D eigenvalue weighted by Crippen LogP contribution is -2.21. The number of benzene rings is 2. The summed E-state index contributed by atoms with van der Waals surface area (Å²) in [5, 5.41) is 2.78. The van der Waals surface area contributed by atoms with E-state index in [9.17, 15) is 4.79 Å². The SMILES string of the molecule is CNC(=O)c1ccc(-c2ccccc2)cc1C1CCCCC1. The molecule has 1 fully saturated rings. The van der Waals surface area contributed by atoms with Crippen LogP contribution in [0.3, 0.4) is 0 Å². The summed E-state index contributed by atoms with van der Waals surface area (Å²) in [6, 6.07) is 16.7. The molecule has 1 aliphatic rings. The van der Waals surface area contributed by atoms with E-state index in [-0.39, 0.29) is 5.91 Å². The van der Waals surface area contributed by atoms with Crippen molar-refractivity contribution in [2.45, 2.75) is 38.0 Å². The molecule has 2 aromatic rings. The lowest BCUT2D eigenvalue weighted by atomic mass is 9.81. The first-order valence-electron chi connectivity index (χ1n) is 8.21. The molecular formula is C20H23NO. The zero-order chi connectivity index (χ0) is 15.4. The number of hydrogen-bond donors (Lipinski definition) is 1. The summed E-state index contributed by atoms with van der Waals surface area (Å²) in [5.41, 5.74) is 4.48. The van der Waals surface area contributed by atoms with E-state index in [1.165, 1.54) is 48.8 Å². The summed E-state index contributed by atoms with van der Waals surface area (Å²) in [5.74, 6) is 0.546. The Kier molecular flexibility index (Phi) is 4.57. The molecule has 1 amide bonds. The van der Waals surface area contributed by atoms with Gasteiger partial charge in [0.2, 0.25) is 0 Å². The van der Waals surface area contributed by atoms with Crippen molar-refractivity contribution < 1.29 is 4.79 Å². The Balaban J connectivity index is 2.03. The molecule has 1 aliphatic carbocycles. The zero-order valence-electron chi connectivity index (χ0n) is 13.1. The van der Waals surface area contributed by atoms with Gasteiger partial charge in [-0.25, -0.2) is 0 Å². The van der Waals surface area contributed by atoms with Crippen molar-refractivity contribution in [3.63, 3.8) is 0 Å². The highest BCUT2D eigenvalue weighted by Gasteiger charge is 2.21. The quantitative estimate of drug-likeness (QED) is 0.868. The van der Waals surface area contributed by atoms with Crippen LogP contribution in [0.5, 0.6) is 0 Å². The van der Waals surface area contributed by atoms with Gasteiger partial charge >= 0.3 is 0 Å². The molecule has 0 aliphatic heterocycles. The molecule has 0 spiro atoms. The molecule has 2 nitrogen and oxygen atoms in total. The fraction of sp³-hybridized carbons (Fsp3) is 0.350. The van der Waals surface area contributed by atoms with Crippen LogP contribution in [0.4, 0.5) is 0 Å². The number of hydrogen-bond acceptors (Lipinski definition) is 1. The Morgan fingerprint density at radius 1 is 0.955 bits per heavy atom. The molecule has 22 heavy (non-hydrogen) atoms. The summed E-state index contributed by atoms with van der Waals surface area (Å²) in [6.07, 6.45) is 6.26. The average molecular weight is 293 g/mol. The van der Waals surface area contributed by atoms with Crippen LogP contribution in [-0.4, -0.2) is 13.0 Å². The largest absolute Gasteiger partial charge is 0.355 e. The first-order chi connectivity index (χ1) is 10.8. The molecule has 0 heterocycles. The predicted molar refractivity (Wildman–Crippen MR) is 91.1 cm³/mol. The van der Waals surface area contributed by atoms with Crippen LogP contribution in [0.15, 0.2) is 48.5 Å². The zero-order valence-corrected chi connectivity index (χ0v) is 13.1. The Morgan fingerprint density at radius 3 is 2.36 bits per heavy atom. The van der Waals surface area contributed by atoms with Crippen LogP contribution in [-0.2, 0) is 0 Å². The van der Waals surface area contributed by atoms with Crippen LogP contribution >= 0.6 is 0 Å². The Labute approximate surface area is 132 Å². The first-order valence-corrected chi connectivity index (χ1v) is 8.21. The molecular weight excluding hydrogens is 270 g/mol. The normalized spacial score (nSPS) is 15.5. The van der Waals surface area contributed by atoms with Gasteiger partial charge in [0, 0.05) is 12.6 Å². The van der Waals surface area contributed by atoms with Crippen LogP contribution < -0.4 is 5.32 Å². The predicted octanol–water partition coefficient (Wildman–Crippen LogP) is 4.76. The molecule has 0 bridgehead atoms. The molecule has 114 valence electrons. The molecule has 0 saturated heterocycles. The highest BCUT2D eigenvalue weighted by atomic mass is 16.1. The van der Waals surface area contributed by atoms with E-state index in [1.807, 2.05) is 12.1 Å². The van der Waals surface area contributed by atoms with Crippen molar-refractivity contribution in [1.82, 2.24) is 5.32 Å². The van der Waals surface area contributed by atoms with Gasteiger partial charge in [-0.1, -0.05) is 61.7 Å². The van der Waals surface area contributed by atoms with Crippen molar-refractivity contribution in [3.05, 3.63) is 59.7 Å². The van der Waals surface area contributed by atoms with Gasteiger partial charge in [0.15, 0.2) is 0 Å². The average Bonchev–Trinajstić information content (AvgIpc) is 2.62. The number of rotatable bonds is 3. The Bertz CT molecular complexity index is 642. The van der Waals surface area contributed by atoms with E-state index in [0.717, 1.165) is 5.56 Å². The van der Waals surface area contributed by atoms with E-state index in [1.54, 1.807) is 7.05 Å². The second kappa shape index (κ2) is 6.78. The fourth-order valence-electron chi connectivity index (χ4n) is 3.47. The maximum absolute atomic E-state index is 12.2. The molecule has 0 unspecified atom stereocenters. The number of carbonyl (C=O) groups is 1. The minimum atomic E-state index is 0.0279. The van der Waals surface area contributed by atoms with Crippen molar-refractivity contribution in [2.75, 3.05) is 7.05 Å². The standard InChI is InChI=1S/C20H23NO/c1-21-20(22)18-13-12-17(15-8-4-2-5-9-15)14-19(18)16-10-6-3-7-11-16/h2,4-5,8-9,12-14,16H,3,6-7,10-11H2,1H3,(H,21,22). The van der Waals surface area contributed by atoms with Gasteiger partial charge < -0.3 is 5.32 Å². The first kappa shape index (κ1) is 14.8. The van der Waals surface area contributed by atoms with Gasteiger partial charge in [-0.3, -0.25) is 4.79 Å². The van der Waals surface area contributed by atoms with Crippen LogP contribution in [0, 0.1) is 0 Å². The molecule has 2 heteroatoms. The van der Waals surface area contributed by atoms with Gasteiger partial charge in [0.1, 0.15) is 0 Å². The smallest absolute Gasteiger partial charge is 0.251 e. The summed E-state index contributed by atoms with van der Waals surface area (Å²) in [7, 11) is 1.71. The molecule has 0 atom stereocenters. The van der Waals surface area contributed by atoms with Crippen molar-refractivity contribution in [3.8, 4) is 11.1 Å². The Hall–Kier alpha value is -2.09. The van der Waals surface area contributed by atoms with Crippen molar-refractivity contribution >= 4 is 5.91 Å². The molecule has 3 rings (SSSR count). The maximum atomic E-state index is 12.2. The second-order valence-electron chi connectivity index (χ2n) is 6.08. The summed E-state index contributed by atoms with van der Waals surface area (Å²) >= 11 is 0. The van der Waals surface area contributed by atoms with Crippen molar-refractivity contribution in [1.29, 1.82) is 0 Å². The monoisotopic (exact) mass is 293 g/mol. The highest BCUT2D eigenvalue weighted by molar-refractivity contribution is 5.96. The third-order valence-corrected chi connectivity index (χ3v) is 4.68. The van der Waals surface area contributed by atoms with E-state index >= 15 is 0 Å². The van der Waals surface area contributed by atoms with Crippen molar-refractivity contribution in [2.24, 2.45) is 0 Å². The minimum Gasteiger partial charge on any atom is -0.355 e. The number of nitrogens with one attached hydrogen (secondary N) is 1. The number of amides is 1. The molecule has 1 saturated carbocycles. The summed E-state index contributed by atoms with van der Waals surface area (Å²) in [4.78, 5) is 12.2. The lowest BCUT2D eigenvalue weighted by Gasteiger charge is -2.24. The van der Waals surface area contributed by atoms with E-state index in [0.29, 0.717) is 5.92 Å². The fourth-order valence-corrected chi connectivity index (χ4v) is 3.47. The summed E-state index contributed by atoms with van der Waals surface area (Å²) in [6.45, 7) is 0. The van der Waals surface area contributed by atoms with Gasteiger partial charge in [-0.05, 0) is 41.5 Å². The molecule has 1 N–H and O–H groups in total. The third kappa shape index (κ3) is 3.06. The van der Waals surface area contributed by atoms with Crippen LogP contribution in [0.2, 0.25) is 0 Å². The Morgan fingerprint density at radius 2 is 1.68 bits per heavy atom. The van der Waals surface area contributed by atoms with E-state index in [4.69, 9.17) is 0 Å². The highest BCUT2D eigenvalue weighted by Crippen LogP contribution is 2.36.